The number of para-hydroxylation sites is 2. The number of carbonyl (C=O) groups is 2. The Morgan fingerprint density at radius 1 is 0.938 bits per heavy atom. The number of anilines is 2. The van der Waals surface area contributed by atoms with E-state index in [1.807, 2.05) is 61.5 Å². The average Bonchev–Trinajstić information content (AvgIpc) is 3.28. The lowest BCUT2D eigenvalue weighted by molar-refractivity contribution is -0.113. The van der Waals surface area contributed by atoms with E-state index in [4.69, 9.17) is 0 Å². The summed E-state index contributed by atoms with van der Waals surface area (Å²) in [5.74, 6) is -0.420. The van der Waals surface area contributed by atoms with Crippen molar-refractivity contribution in [1.29, 1.82) is 0 Å². The van der Waals surface area contributed by atoms with Crippen LogP contribution in [0.1, 0.15) is 15.9 Å². The molecule has 0 aliphatic rings. The molecule has 3 aromatic carbocycles. The predicted molar refractivity (Wildman–Crippen MR) is 126 cm³/mol. The number of aryl methyl sites for hydroxylation is 1. The van der Waals surface area contributed by atoms with Crippen molar-refractivity contribution in [1.82, 2.24) is 14.8 Å². The minimum Gasteiger partial charge on any atom is -0.325 e. The second-order valence-corrected chi connectivity index (χ2v) is 7.96. The van der Waals surface area contributed by atoms with Crippen LogP contribution in [0, 0.1) is 6.92 Å². The molecule has 160 valence electrons. The number of benzene rings is 3. The summed E-state index contributed by atoms with van der Waals surface area (Å²) >= 11 is 1.23. The molecule has 4 rings (SSSR count). The van der Waals surface area contributed by atoms with Crippen LogP contribution in [0.15, 0.2) is 90.3 Å². The Hall–Kier alpha value is -3.91. The smallest absolute Gasteiger partial charge is 0.257 e. The van der Waals surface area contributed by atoms with Gasteiger partial charge in [-0.05, 0) is 48.9 Å². The van der Waals surface area contributed by atoms with Gasteiger partial charge in [0.1, 0.15) is 6.33 Å². The molecule has 1 aromatic heterocycles. The zero-order valence-corrected chi connectivity index (χ0v) is 18.2. The number of rotatable bonds is 7. The molecule has 32 heavy (non-hydrogen) atoms. The van der Waals surface area contributed by atoms with Gasteiger partial charge < -0.3 is 10.6 Å². The largest absolute Gasteiger partial charge is 0.325 e. The van der Waals surface area contributed by atoms with Crippen LogP contribution in [0.2, 0.25) is 0 Å². The molecular formula is C24H21N5O2S. The predicted octanol–water partition coefficient (Wildman–Crippen LogP) is 4.56. The van der Waals surface area contributed by atoms with E-state index in [1.165, 1.54) is 11.8 Å². The van der Waals surface area contributed by atoms with Crippen LogP contribution in [0.25, 0.3) is 5.69 Å². The van der Waals surface area contributed by atoms with Crippen molar-refractivity contribution in [2.75, 3.05) is 16.4 Å². The van der Waals surface area contributed by atoms with Gasteiger partial charge in [-0.25, -0.2) is 9.67 Å². The summed E-state index contributed by atoms with van der Waals surface area (Å²) in [5.41, 5.74) is 3.48. The average molecular weight is 444 g/mol. The van der Waals surface area contributed by atoms with Crippen LogP contribution in [-0.4, -0.2) is 32.3 Å². The molecule has 0 spiro atoms. The molecule has 0 aliphatic heterocycles. The van der Waals surface area contributed by atoms with E-state index in [0.29, 0.717) is 22.1 Å². The number of aromatic nitrogens is 3. The molecule has 4 aromatic rings. The highest BCUT2D eigenvalue weighted by atomic mass is 32.2. The lowest BCUT2D eigenvalue weighted by Gasteiger charge is -2.11. The van der Waals surface area contributed by atoms with Gasteiger partial charge in [0.05, 0.1) is 22.7 Å². The Labute approximate surface area is 189 Å². The van der Waals surface area contributed by atoms with E-state index in [2.05, 4.69) is 20.7 Å². The quantitative estimate of drug-likeness (QED) is 0.409. The summed E-state index contributed by atoms with van der Waals surface area (Å²) in [7, 11) is 0. The first-order chi connectivity index (χ1) is 15.6. The Bertz CT molecular complexity index is 1240. The van der Waals surface area contributed by atoms with Gasteiger partial charge in [-0.3, -0.25) is 9.59 Å². The number of hydrogen-bond acceptors (Lipinski definition) is 5. The van der Waals surface area contributed by atoms with Gasteiger partial charge in [0.15, 0.2) is 0 Å². The highest BCUT2D eigenvalue weighted by molar-refractivity contribution is 7.99. The van der Waals surface area contributed by atoms with Gasteiger partial charge >= 0.3 is 0 Å². The summed E-state index contributed by atoms with van der Waals surface area (Å²) in [4.78, 5) is 29.5. The van der Waals surface area contributed by atoms with Crippen molar-refractivity contribution in [3.8, 4) is 5.69 Å². The minimum absolute atomic E-state index is 0.118. The van der Waals surface area contributed by atoms with Gasteiger partial charge in [0, 0.05) is 5.69 Å². The van der Waals surface area contributed by atoms with Gasteiger partial charge in [-0.15, -0.1) is 5.10 Å². The molecule has 2 N–H and O–H groups in total. The van der Waals surface area contributed by atoms with Crippen LogP contribution in [0.3, 0.4) is 0 Å². The number of amides is 2. The van der Waals surface area contributed by atoms with E-state index in [1.54, 1.807) is 35.3 Å². The molecule has 0 saturated carbocycles. The van der Waals surface area contributed by atoms with Crippen LogP contribution in [0.5, 0.6) is 0 Å². The lowest BCUT2D eigenvalue weighted by atomic mass is 10.1. The Morgan fingerprint density at radius 3 is 2.53 bits per heavy atom. The maximum atomic E-state index is 12.8. The molecule has 0 aliphatic carbocycles. The van der Waals surface area contributed by atoms with Crippen molar-refractivity contribution in [2.45, 2.75) is 12.1 Å². The molecule has 7 nitrogen and oxygen atoms in total. The lowest BCUT2D eigenvalue weighted by Crippen LogP contribution is -2.19. The van der Waals surface area contributed by atoms with E-state index in [9.17, 15) is 9.59 Å². The third-order valence-electron chi connectivity index (χ3n) is 4.55. The highest BCUT2D eigenvalue weighted by Crippen LogP contribution is 2.20. The second-order valence-electron chi connectivity index (χ2n) is 7.01. The second kappa shape index (κ2) is 9.93. The van der Waals surface area contributed by atoms with Gasteiger partial charge in [-0.2, -0.15) is 0 Å². The summed E-state index contributed by atoms with van der Waals surface area (Å²) in [6, 6.07) is 24.1. The first kappa shape index (κ1) is 21.3. The maximum Gasteiger partial charge on any atom is 0.257 e. The first-order valence-corrected chi connectivity index (χ1v) is 10.9. The molecule has 8 heteroatoms. The third-order valence-corrected chi connectivity index (χ3v) is 5.40. The summed E-state index contributed by atoms with van der Waals surface area (Å²) in [6.07, 6.45) is 1.61. The van der Waals surface area contributed by atoms with E-state index in [-0.39, 0.29) is 17.6 Å². The monoisotopic (exact) mass is 443 g/mol. The number of hydrogen-bond donors (Lipinski definition) is 2. The fraction of sp³-hybridized carbons (Fsp3) is 0.0833. The molecule has 0 atom stereocenters. The SMILES string of the molecule is Cc1cccc(NC(=O)c2ccccc2NC(=O)CSc2ncn(-c3ccccc3)n2)c1. The van der Waals surface area contributed by atoms with E-state index >= 15 is 0 Å². The Morgan fingerprint density at radius 2 is 1.72 bits per heavy atom. The Kier molecular flexibility index (Phi) is 6.62. The van der Waals surface area contributed by atoms with E-state index < -0.39 is 0 Å². The molecule has 0 radical (unpaired) electrons. The van der Waals surface area contributed by atoms with Crippen LogP contribution in [-0.2, 0) is 4.79 Å². The molecule has 1 heterocycles. The van der Waals surface area contributed by atoms with Crippen LogP contribution in [0.4, 0.5) is 11.4 Å². The molecule has 0 bridgehead atoms. The molecule has 0 fully saturated rings. The molecule has 0 unspecified atom stereocenters. The van der Waals surface area contributed by atoms with E-state index in [0.717, 1.165) is 11.3 Å². The summed E-state index contributed by atoms with van der Waals surface area (Å²) < 4.78 is 1.66. The topological polar surface area (TPSA) is 88.9 Å². The fourth-order valence-corrected chi connectivity index (χ4v) is 3.65. The first-order valence-electron chi connectivity index (χ1n) is 9.95. The molecule has 2 amide bonds. The summed E-state index contributed by atoms with van der Waals surface area (Å²) in [5, 5.41) is 10.6. The number of thioether (sulfide) groups is 1. The normalized spacial score (nSPS) is 10.5. The van der Waals surface area contributed by atoms with Gasteiger partial charge in [0.2, 0.25) is 11.1 Å². The van der Waals surface area contributed by atoms with Crippen LogP contribution >= 0.6 is 11.8 Å². The third kappa shape index (κ3) is 5.41. The van der Waals surface area contributed by atoms with Crippen molar-refractivity contribution >= 4 is 35.0 Å². The zero-order chi connectivity index (χ0) is 22.3. The van der Waals surface area contributed by atoms with Gasteiger partial charge in [0.25, 0.3) is 5.91 Å². The number of carbonyl (C=O) groups excluding carboxylic acids is 2. The molecular weight excluding hydrogens is 422 g/mol. The zero-order valence-electron chi connectivity index (χ0n) is 17.4. The Balaban J connectivity index is 1.38. The van der Waals surface area contributed by atoms with Crippen molar-refractivity contribution in [3.63, 3.8) is 0 Å². The highest BCUT2D eigenvalue weighted by Gasteiger charge is 2.14. The maximum absolute atomic E-state index is 12.8. The molecule has 0 saturated heterocycles. The standard InChI is InChI=1S/C24H21N5O2S/c1-17-8-7-9-18(14-17)26-23(31)20-12-5-6-13-21(20)27-22(30)15-32-24-25-16-29(28-24)19-10-3-2-4-11-19/h2-14,16H,15H2,1H3,(H,26,31)(H,27,30). The van der Waals surface area contributed by atoms with Crippen LogP contribution < -0.4 is 10.6 Å². The number of nitrogens with zero attached hydrogens (tertiary/aromatic N) is 3. The van der Waals surface area contributed by atoms with Crippen molar-refractivity contribution < 1.29 is 9.59 Å². The minimum atomic E-state index is -0.289. The fourth-order valence-electron chi connectivity index (χ4n) is 3.05. The van der Waals surface area contributed by atoms with Crippen molar-refractivity contribution in [3.05, 3.63) is 96.3 Å². The van der Waals surface area contributed by atoms with Crippen molar-refractivity contribution in [2.24, 2.45) is 0 Å². The summed E-state index contributed by atoms with van der Waals surface area (Å²) in [6.45, 7) is 1.96. The van der Waals surface area contributed by atoms with Gasteiger partial charge in [-0.1, -0.05) is 54.2 Å². The number of nitrogens with one attached hydrogen (secondary N) is 2.